The summed E-state index contributed by atoms with van der Waals surface area (Å²) >= 11 is 5.16. The maximum absolute atomic E-state index is 11.6. The topological polar surface area (TPSA) is 41.6 Å². The molecule has 96 valence electrons. The molecular formula is C13H16N2O2S. The second kappa shape index (κ2) is 6.35. The van der Waals surface area contributed by atoms with Crippen LogP contribution in [0, 0.1) is 0 Å². The number of para-hydroxylation sites is 1. The van der Waals surface area contributed by atoms with E-state index in [9.17, 15) is 4.79 Å². The number of rotatable bonds is 3. The summed E-state index contributed by atoms with van der Waals surface area (Å²) in [6.07, 6.45) is 2.27. The van der Waals surface area contributed by atoms with Crippen LogP contribution in [0.3, 0.4) is 0 Å². The molecule has 4 nitrogen and oxygen atoms in total. The lowest BCUT2D eigenvalue weighted by Gasteiger charge is -2.18. The van der Waals surface area contributed by atoms with E-state index >= 15 is 0 Å². The van der Waals surface area contributed by atoms with Crippen molar-refractivity contribution < 1.29 is 9.53 Å². The van der Waals surface area contributed by atoms with Crippen molar-refractivity contribution in [1.29, 1.82) is 0 Å². The van der Waals surface area contributed by atoms with Crippen molar-refractivity contribution >= 4 is 23.2 Å². The maximum atomic E-state index is 11.6. The summed E-state index contributed by atoms with van der Waals surface area (Å²) in [5.41, 5.74) is 0. The van der Waals surface area contributed by atoms with Crippen molar-refractivity contribution in [3.63, 3.8) is 0 Å². The Kier molecular flexibility index (Phi) is 4.52. The molecule has 1 aliphatic heterocycles. The van der Waals surface area contributed by atoms with E-state index in [-0.39, 0.29) is 12.5 Å². The molecule has 0 bridgehead atoms. The van der Waals surface area contributed by atoms with Gasteiger partial charge in [-0.05, 0) is 37.2 Å². The summed E-state index contributed by atoms with van der Waals surface area (Å²) in [4.78, 5) is 13.6. The SMILES string of the molecule is O=C(COc1ccccc1)NC(=S)N1CCCC1. The van der Waals surface area contributed by atoms with E-state index < -0.39 is 0 Å². The fourth-order valence-corrected chi connectivity index (χ4v) is 2.12. The molecule has 1 aromatic carbocycles. The standard InChI is InChI=1S/C13H16N2O2S/c16-12(10-17-11-6-2-1-3-7-11)14-13(18)15-8-4-5-9-15/h1-3,6-7H,4-5,8-10H2,(H,14,16,18). The third kappa shape index (κ3) is 3.70. The van der Waals surface area contributed by atoms with Gasteiger partial charge in [-0.1, -0.05) is 18.2 Å². The van der Waals surface area contributed by atoms with E-state index in [1.807, 2.05) is 35.2 Å². The molecule has 0 radical (unpaired) electrons. The molecule has 1 aromatic rings. The summed E-state index contributed by atoms with van der Waals surface area (Å²) in [6.45, 7) is 1.84. The second-order valence-corrected chi connectivity index (χ2v) is 4.54. The van der Waals surface area contributed by atoms with Crippen LogP contribution in [0.25, 0.3) is 0 Å². The largest absolute Gasteiger partial charge is 0.484 e. The Labute approximate surface area is 112 Å². The number of benzene rings is 1. The highest BCUT2D eigenvalue weighted by Gasteiger charge is 2.16. The molecule has 0 aromatic heterocycles. The molecule has 0 spiro atoms. The monoisotopic (exact) mass is 264 g/mol. The van der Waals surface area contributed by atoms with E-state index in [1.54, 1.807) is 0 Å². The zero-order chi connectivity index (χ0) is 12.8. The van der Waals surface area contributed by atoms with Crippen LogP contribution in [0.4, 0.5) is 0 Å². The summed E-state index contributed by atoms with van der Waals surface area (Å²) in [5.74, 6) is 0.468. The first-order valence-corrected chi connectivity index (χ1v) is 6.43. The first-order valence-electron chi connectivity index (χ1n) is 6.02. The van der Waals surface area contributed by atoms with Crippen molar-refractivity contribution in [2.24, 2.45) is 0 Å². The van der Waals surface area contributed by atoms with Gasteiger partial charge in [-0.3, -0.25) is 4.79 Å². The minimum atomic E-state index is -0.212. The Hall–Kier alpha value is -1.62. The van der Waals surface area contributed by atoms with E-state index in [0.29, 0.717) is 10.9 Å². The van der Waals surface area contributed by atoms with Crippen LogP contribution in [-0.2, 0) is 4.79 Å². The number of hydrogen-bond acceptors (Lipinski definition) is 3. The van der Waals surface area contributed by atoms with Crippen LogP contribution in [0.15, 0.2) is 30.3 Å². The third-order valence-electron chi connectivity index (χ3n) is 2.75. The minimum absolute atomic E-state index is 0.0159. The molecule has 1 fully saturated rings. The molecule has 1 saturated heterocycles. The van der Waals surface area contributed by atoms with Crippen LogP contribution in [0.5, 0.6) is 5.75 Å². The number of likely N-dealkylation sites (tertiary alicyclic amines) is 1. The Morgan fingerprint density at radius 1 is 1.28 bits per heavy atom. The Balaban J connectivity index is 1.73. The number of nitrogens with zero attached hydrogens (tertiary/aromatic N) is 1. The van der Waals surface area contributed by atoms with Crippen LogP contribution in [0.2, 0.25) is 0 Å². The van der Waals surface area contributed by atoms with Crippen molar-refractivity contribution in [2.45, 2.75) is 12.8 Å². The molecule has 1 heterocycles. The highest BCUT2D eigenvalue weighted by Crippen LogP contribution is 2.08. The van der Waals surface area contributed by atoms with Gasteiger partial charge in [-0.15, -0.1) is 0 Å². The molecule has 0 saturated carbocycles. The molecule has 1 amide bonds. The summed E-state index contributed by atoms with van der Waals surface area (Å²) in [7, 11) is 0. The molecule has 0 unspecified atom stereocenters. The van der Waals surface area contributed by atoms with Crippen LogP contribution in [-0.4, -0.2) is 35.6 Å². The Morgan fingerprint density at radius 3 is 2.61 bits per heavy atom. The van der Waals surface area contributed by atoms with Gasteiger partial charge in [0.1, 0.15) is 5.75 Å². The van der Waals surface area contributed by atoms with Gasteiger partial charge < -0.3 is 15.0 Å². The quantitative estimate of drug-likeness (QED) is 0.841. The number of carbonyl (C=O) groups excluding carboxylic acids is 1. The minimum Gasteiger partial charge on any atom is -0.484 e. The van der Waals surface area contributed by atoms with Gasteiger partial charge in [-0.2, -0.15) is 0 Å². The van der Waals surface area contributed by atoms with Gasteiger partial charge in [0, 0.05) is 13.1 Å². The molecule has 18 heavy (non-hydrogen) atoms. The van der Waals surface area contributed by atoms with Gasteiger partial charge in [0.25, 0.3) is 5.91 Å². The normalized spacial score (nSPS) is 14.3. The molecule has 0 atom stereocenters. The number of hydrogen-bond donors (Lipinski definition) is 1. The number of carbonyl (C=O) groups is 1. The average molecular weight is 264 g/mol. The second-order valence-electron chi connectivity index (χ2n) is 4.15. The highest BCUT2D eigenvalue weighted by atomic mass is 32.1. The lowest BCUT2D eigenvalue weighted by molar-refractivity contribution is -0.121. The lowest BCUT2D eigenvalue weighted by Crippen LogP contribution is -2.42. The number of ether oxygens (including phenoxy) is 1. The number of thiocarbonyl (C=S) groups is 1. The lowest BCUT2D eigenvalue weighted by atomic mass is 10.3. The highest BCUT2D eigenvalue weighted by molar-refractivity contribution is 7.80. The van der Waals surface area contributed by atoms with Gasteiger partial charge in [-0.25, -0.2) is 0 Å². The fourth-order valence-electron chi connectivity index (χ4n) is 1.82. The smallest absolute Gasteiger partial charge is 0.264 e. The number of nitrogens with one attached hydrogen (secondary N) is 1. The van der Waals surface area contributed by atoms with Gasteiger partial charge in [0.2, 0.25) is 0 Å². The van der Waals surface area contributed by atoms with Crippen molar-refractivity contribution in [1.82, 2.24) is 10.2 Å². The zero-order valence-corrected chi connectivity index (χ0v) is 10.9. The fraction of sp³-hybridized carbons (Fsp3) is 0.385. The van der Waals surface area contributed by atoms with Crippen LogP contribution in [0.1, 0.15) is 12.8 Å². The summed E-state index contributed by atoms with van der Waals surface area (Å²) in [6, 6.07) is 9.25. The van der Waals surface area contributed by atoms with E-state index in [4.69, 9.17) is 17.0 Å². The predicted octanol–water partition coefficient (Wildman–Crippen LogP) is 1.56. The van der Waals surface area contributed by atoms with Gasteiger partial charge in [0.15, 0.2) is 11.7 Å². The Morgan fingerprint density at radius 2 is 1.94 bits per heavy atom. The van der Waals surface area contributed by atoms with E-state index in [2.05, 4.69) is 5.32 Å². The van der Waals surface area contributed by atoms with E-state index in [1.165, 1.54) is 0 Å². The van der Waals surface area contributed by atoms with Crippen LogP contribution < -0.4 is 10.1 Å². The Bertz CT molecular complexity index is 416. The average Bonchev–Trinajstić information content (AvgIpc) is 2.91. The van der Waals surface area contributed by atoms with Gasteiger partial charge in [0.05, 0.1) is 0 Å². The van der Waals surface area contributed by atoms with Crippen molar-refractivity contribution in [2.75, 3.05) is 19.7 Å². The molecule has 1 N–H and O–H groups in total. The first kappa shape index (κ1) is 12.8. The molecule has 0 aliphatic carbocycles. The van der Waals surface area contributed by atoms with Crippen molar-refractivity contribution in [3.05, 3.63) is 30.3 Å². The molecule has 1 aliphatic rings. The number of amides is 1. The van der Waals surface area contributed by atoms with Gasteiger partial charge >= 0.3 is 0 Å². The third-order valence-corrected chi connectivity index (χ3v) is 3.11. The van der Waals surface area contributed by atoms with E-state index in [0.717, 1.165) is 25.9 Å². The molecule has 5 heteroatoms. The summed E-state index contributed by atoms with van der Waals surface area (Å²) < 4.78 is 5.34. The maximum Gasteiger partial charge on any atom is 0.264 e. The van der Waals surface area contributed by atoms with Crippen LogP contribution >= 0.6 is 12.2 Å². The summed E-state index contributed by atoms with van der Waals surface area (Å²) in [5, 5.41) is 3.19. The predicted molar refractivity (Wildman–Crippen MR) is 73.5 cm³/mol. The molecule has 2 rings (SSSR count). The molecular weight excluding hydrogens is 248 g/mol. The zero-order valence-electron chi connectivity index (χ0n) is 10.1. The first-order chi connectivity index (χ1) is 8.75. The van der Waals surface area contributed by atoms with Crippen molar-refractivity contribution in [3.8, 4) is 5.75 Å².